The first-order valence-electron chi connectivity index (χ1n) is 8.80. The van der Waals surface area contributed by atoms with E-state index in [-0.39, 0.29) is 17.7 Å². The summed E-state index contributed by atoms with van der Waals surface area (Å²) in [4.78, 5) is 31.2. The molecular weight excluding hydrogens is 308 g/mol. The zero-order valence-electron chi connectivity index (χ0n) is 14.3. The van der Waals surface area contributed by atoms with Crippen molar-refractivity contribution in [2.75, 3.05) is 33.4 Å². The van der Waals surface area contributed by atoms with E-state index in [4.69, 9.17) is 4.74 Å². The van der Waals surface area contributed by atoms with Gasteiger partial charge in [-0.2, -0.15) is 0 Å². The fourth-order valence-corrected chi connectivity index (χ4v) is 3.58. The highest BCUT2D eigenvalue weighted by Gasteiger charge is 2.31. The number of methoxy groups -OCH3 is 1. The summed E-state index contributed by atoms with van der Waals surface area (Å²) in [5, 5.41) is 2.81. The van der Waals surface area contributed by atoms with E-state index in [1.165, 1.54) is 6.42 Å². The normalized spacial score (nSPS) is 20.5. The van der Waals surface area contributed by atoms with Gasteiger partial charge in [-0.15, -0.1) is 0 Å². The number of fused-ring (bicyclic) bond motifs is 1. The van der Waals surface area contributed by atoms with Crippen LogP contribution in [-0.4, -0.2) is 59.6 Å². The number of nitrogens with one attached hydrogen (secondary N) is 1. The number of rotatable bonds is 5. The van der Waals surface area contributed by atoms with E-state index in [0.29, 0.717) is 25.4 Å². The molecule has 1 atom stereocenters. The molecule has 1 N–H and O–H groups in total. The van der Waals surface area contributed by atoms with Gasteiger partial charge < -0.3 is 19.5 Å². The van der Waals surface area contributed by atoms with Crippen LogP contribution >= 0.6 is 0 Å². The molecule has 1 unspecified atom stereocenters. The number of carbonyl (C=O) groups excluding carboxylic acids is 2. The van der Waals surface area contributed by atoms with Crippen LogP contribution in [0.1, 0.15) is 41.9 Å². The predicted molar refractivity (Wildman–Crippen MR) is 88.7 cm³/mol. The Morgan fingerprint density at radius 1 is 1.33 bits per heavy atom. The molecule has 24 heavy (non-hydrogen) atoms. The summed E-state index contributed by atoms with van der Waals surface area (Å²) in [6.07, 6.45) is 6.65. The van der Waals surface area contributed by atoms with Crippen LogP contribution in [-0.2, 0) is 22.5 Å². The smallest absolute Gasteiger partial charge is 0.271 e. The molecule has 1 saturated heterocycles. The second-order valence-electron chi connectivity index (χ2n) is 6.56. The molecule has 1 aromatic rings. The molecule has 0 aliphatic carbocycles. The molecule has 0 aromatic carbocycles. The van der Waals surface area contributed by atoms with Gasteiger partial charge in [0.1, 0.15) is 5.69 Å². The molecule has 2 aliphatic rings. The largest absolute Gasteiger partial charge is 0.383 e. The van der Waals surface area contributed by atoms with Crippen molar-refractivity contribution in [1.82, 2.24) is 19.8 Å². The van der Waals surface area contributed by atoms with E-state index < -0.39 is 0 Å². The number of likely N-dealkylation sites (tertiary alicyclic amines) is 1. The van der Waals surface area contributed by atoms with Crippen molar-refractivity contribution < 1.29 is 14.3 Å². The minimum atomic E-state index is -0.165. The Hall–Kier alpha value is -1.89. The molecule has 3 heterocycles. The zero-order valence-corrected chi connectivity index (χ0v) is 14.3. The molecule has 7 nitrogen and oxygen atoms in total. The van der Waals surface area contributed by atoms with Crippen LogP contribution in [0.5, 0.6) is 0 Å². The average molecular weight is 334 g/mol. The highest BCUT2D eigenvalue weighted by Crippen LogP contribution is 2.25. The van der Waals surface area contributed by atoms with Gasteiger partial charge in [0, 0.05) is 33.3 Å². The second-order valence-corrected chi connectivity index (χ2v) is 6.56. The van der Waals surface area contributed by atoms with Crippen LogP contribution in [0.25, 0.3) is 0 Å². The summed E-state index contributed by atoms with van der Waals surface area (Å²) in [5.41, 5.74) is 1.42. The minimum absolute atomic E-state index is 0.00852. The number of hydrogen-bond donors (Lipinski definition) is 1. The molecule has 1 fully saturated rings. The van der Waals surface area contributed by atoms with Crippen LogP contribution < -0.4 is 5.32 Å². The van der Waals surface area contributed by atoms with E-state index in [1.54, 1.807) is 13.4 Å². The fourth-order valence-electron chi connectivity index (χ4n) is 3.58. The van der Waals surface area contributed by atoms with Crippen LogP contribution in [0.4, 0.5) is 0 Å². The van der Waals surface area contributed by atoms with Gasteiger partial charge in [0.25, 0.3) is 5.91 Å². The van der Waals surface area contributed by atoms with Gasteiger partial charge in [-0.1, -0.05) is 0 Å². The lowest BCUT2D eigenvalue weighted by Crippen LogP contribution is -2.42. The van der Waals surface area contributed by atoms with Gasteiger partial charge >= 0.3 is 0 Å². The van der Waals surface area contributed by atoms with Crippen LogP contribution in [0.3, 0.4) is 0 Å². The Morgan fingerprint density at radius 2 is 2.12 bits per heavy atom. The van der Waals surface area contributed by atoms with Crippen molar-refractivity contribution in [3.63, 3.8) is 0 Å². The molecule has 0 saturated carbocycles. The number of piperidine rings is 1. The van der Waals surface area contributed by atoms with Crippen LogP contribution in [0.2, 0.25) is 0 Å². The topological polar surface area (TPSA) is 76.5 Å². The zero-order chi connectivity index (χ0) is 16.9. The van der Waals surface area contributed by atoms with Gasteiger partial charge in [0.05, 0.1) is 24.5 Å². The summed E-state index contributed by atoms with van der Waals surface area (Å²) in [5.74, 6) is 0.107. The van der Waals surface area contributed by atoms with Crippen LogP contribution in [0, 0.1) is 5.92 Å². The maximum atomic E-state index is 12.7. The Morgan fingerprint density at radius 3 is 2.88 bits per heavy atom. The number of ether oxygens (including phenoxy) is 1. The van der Waals surface area contributed by atoms with Gasteiger partial charge in [-0.05, 0) is 32.1 Å². The number of hydrogen-bond acceptors (Lipinski definition) is 4. The SMILES string of the molecule is COCCNC(=O)c1ncn2c1CCC(C(=O)N1CCCCC1)C2. The van der Waals surface area contributed by atoms with E-state index in [9.17, 15) is 9.59 Å². The van der Waals surface area contributed by atoms with E-state index >= 15 is 0 Å². The first-order valence-corrected chi connectivity index (χ1v) is 8.80. The van der Waals surface area contributed by atoms with Gasteiger partial charge in [0.2, 0.25) is 5.91 Å². The maximum absolute atomic E-state index is 12.7. The summed E-state index contributed by atoms with van der Waals surface area (Å²) < 4.78 is 6.91. The van der Waals surface area contributed by atoms with Crippen molar-refractivity contribution in [1.29, 1.82) is 0 Å². The van der Waals surface area contributed by atoms with E-state index in [2.05, 4.69) is 10.3 Å². The van der Waals surface area contributed by atoms with Crippen molar-refractivity contribution in [2.24, 2.45) is 5.92 Å². The first kappa shape index (κ1) is 17.0. The predicted octanol–water partition coefficient (Wildman–Crippen LogP) is 0.834. The summed E-state index contributed by atoms with van der Waals surface area (Å²) in [7, 11) is 1.60. The molecule has 0 spiro atoms. The minimum Gasteiger partial charge on any atom is -0.383 e. The molecule has 2 amide bonds. The maximum Gasteiger partial charge on any atom is 0.271 e. The van der Waals surface area contributed by atoms with Crippen molar-refractivity contribution in [3.05, 3.63) is 17.7 Å². The lowest BCUT2D eigenvalue weighted by molar-refractivity contribution is -0.137. The van der Waals surface area contributed by atoms with Gasteiger partial charge in [-0.3, -0.25) is 9.59 Å². The number of imidazole rings is 1. The third kappa shape index (κ3) is 3.61. The second kappa shape index (κ2) is 7.79. The highest BCUT2D eigenvalue weighted by molar-refractivity contribution is 5.93. The third-order valence-corrected chi connectivity index (χ3v) is 4.92. The number of aromatic nitrogens is 2. The molecular formula is C17H26N4O3. The highest BCUT2D eigenvalue weighted by atomic mass is 16.5. The summed E-state index contributed by atoms with van der Waals surface area (Å²) >= 11 is 0. The van der Waals surface area contributed by atoms with Crippen LogP contribution in [0.15, 0.2) is 6.33 Å². The number of amides is 2. The first-order chi connectivity index (χ1) is 11.7. The average Bonchev–Trinajstić information content (AvgIpc) is 3.05. The molecule has 2 aliphatic heterocycles. The van der Waals surface area contributed by atoms with Crippen molar-refractivity contribution in [3.8, 4) is 0 Å². The lowest BCUT2D eigenvalue weighted by atomic mass is 9.94. The lowest BCUT2D eigenvalue weighted by Gasteiger charge is -2.32. The monoisotopic (exact) mass is 334 g/mol. The van der Waals surface area contributed by atoms with Crippen molar-refractivity contribution >= 4 is 11.8 Å². The standard InChI is InChI=1S/C17H26N4O3/c1-24-10-7-18-16(22)15-14-6-5-13(11-21(14)12-19-15)17(23)20-8-3-2-4-9-20/h12-13H,2-11H2,1H3,(H,18,22). The van der Waals surface area contributed by atoms with Gasteiger partial charge in [-0.25, -0.2) is 4.98 Å². The molecule has 0 bridgehead atoms. The molecule has 132 valence electrons. The summed E-state index contributed by atoms with van der Waals surface area (Å²) in [6.45, 7) is 3.35. The van der Waals surface area contributed by atoms with E-state index in [1.807, 2.05) is 9.47 Å². The third-order valence-electron chi connectivity index (χ3n) is 4.92. The Kier molecular flexibility index (Phi) is 5.50. The molecule has 3 rings (SSSR count). The molecule has 7 heteroatoms. The number of carbonyl (C=O) groups is 2. The molecule has 0 radical (unpaired) electrons. The van der Waals surface area contributed by atoms with E-state index in [0.717, 1.165) is 44.5 Å². The van der Waals surface area contributed by atoms with Gasteiger partial charge in [0.15, 0.2) is 0 Å². The summed E-state index contributed by atoms with van der Waals surface area (Å²) in [6, 6.07) is 0. The number of nitrogens with zero attached hydrogens (tertiary/aromatic N) is 3. The van der Waals surface area contributed by atoms with Crippen molar-refractivity contribution in [2.45, 2.75) is 38.6 Å². The fraction of sp³-hybridized carbons (Fsp3) is 0.706. The molecule has 1 aromatic heterocycles. The Bertz CT molecular complexity index is 593. The Labute approximate surface area is 142 Å². The quantitative estimate of drug-likeness (QED) is 0.810. The Balaban J connectivity index is 1.62.